The molecule has 0 amide bonds. The quantitative estimate of drug-likeness (QED) is 0.262. The Kier molecular flexibility index (Phi) is 9.43. The summed E-state index contributed by atoms with van der Waals surface area (Å²) in [6, 6.07) is 14.9. The number of aryl methyl sites for hydroxylation is 1. The van der Waals surface area contributed by atoms with Crippen molar-refractivity contribution in [2.45, 2.75) is 70.4 Å². The van der Waals surface area contributed by atoms with Gasteiger partial charge in [-0.05, 0) is 117 Å². The van der Waals surface area contributed by atoms with Gasteiger partial charge in [0.2, 0.25) is 0 Å². The van der Waals surface area contributed by atoms with Gasteiger partial charge in [0.1, 0.15) is 5.76 Å². The third-order valence-electron chi connectivity index (χ3n) is 9.69. The van der Waals surface area contributed by atoms with Gasteiger partial charge < -0.3 is 15.0 Å². The molecule has 0 radical (unpaired) electrons. The fraction of sp³-hybridized carbons (Fsp3) is 0.486. The largest absolute Gasteiger partial charge is 0.573 e. The van der Waals surface area contributed by atoms with Crippen LogP contribution in [-0.2, 0) is 24.4 Å². The second-order valence-corrected chi connectivity index (χ2v) is 13.2. The molecule has 3 aromatic rings. The van der Waals surface area contributed by atoms with E-state index in [2.05, 4.69) is 55.6 Å². The van der Waals surface area contributed by atoms with Gasteiger partial charge >= 0.3 is 6.36 Å². The Morgan fingerprint density at radius 2 is 1.82 bits per heavy atom. The second-order valence-electron chi connectivity index (χ2n) is 12.8. The van der Waals surface area contributed by atoms with Crippen molar-refractivity contribution in [2.75, 3.05) is 32.7 Å². The lowest BCUT2D eigenvalue weighted by Gasteiger charge is -2.48. The number of piperidine rings is 2. The van der Waals surface area contributed by atoms with E-state index in [1.165, 1.54) is 54.3 Å². The Bertz CT molecular complexity index is 1510. The van der Waals surface area contributed by atoms with Crippen LogP contribution in [0.2, 0.25) is 5.02 Å². The summed E-state index contributed by atoms with van der Waals surface area (Å²) in [4.78, 5) is 5.17. The highest BCUT2D eigenvalue weighted by atomic mass is 35.5. The van der Waals surface area contributed by atoms with E-state index in [1.54, 1.807) is 0 Å². The first-order chi connectivity index (χ1) is 21.2. The molecule has 3 aliphatic rings. The van der Waals surface area contributed by atoms with Crippen LogP contribution in [0.5, 0.6) is 0 Å². The summed E-state index contributed by atoms with van der Waals surface area (Å²) in [6.07, 6.45) is 8.55. The van der Waals surface area contributed by atoms with Gasteiger partial charge in [-0.3, -0.25) is 9.80 Å². The fourth-order valence-corrected chi connectivity index (χ4v) is 7.61. The number of fused-ring (bicyclic) bond motifs is 1. The molecule has 44 heavy (non-hydrogen) atoms. The number of benzene rings is 2. The minimum atomic E-state index is -4.68. The number of nitrogens with two attached hydrogens (primary N) is 1. The second kappa shape index (κ2) is 13.3. The van der Waals surface area contributed by atoms with Gasteiger partial charge in [0.05, 0.1) is 0 Å². The molecule has 1 aromatic heterocycles. The smallest absolute Gasteiger partial charge is 0.406 e. The number of alkyl halides is 3. The Labute approximate surface area is 263 Å². The first-order valence-corrected chi connectivity index (χ1v) is 16.2. The van der Waals surface area contributed by atoms with Crippen LogP contribution in [0.4, 0.5) is 13.2 Å². The molecule has 0 saturated carbocycles. The molecule has 236 valence electrons. The highest BCUT2D eigenvalue weighted by molar-refractivity contribution is 6.31. The van der Waals surface area contributed by atoms with Crippen molar-refractivity contribution >= 4 is 22.5 Å². The summed E-state index contributed by atoms with van der Waals surface area (Å²) in [5.41, 5.74) is 11.0. The lowest BCUT2D eigenvalue weighted by molar-refractivity contribution is -0.303. The van der Waals surface area contributed by atoms with Crippen molar-refractivity contribution in [1.29, 1.82) is 0 Å². The zero-order valence-corrected chi connectivity index (χ0v) is 25.9. The number of hydrogen-bond donors (Lipinski definition) is 1. The number of halogens is 4. The molecule has 3 heterocycles. The Morgan fingerprint density at radius 1 is 1.00 bits per heavy atom. The molecule has 6 rings (SSSR count). The lowest BCUT2D eigenvalue weighted by Crippen LogP contribution is -2.49. The van der Waals surface area contributed by atoms with Crippen LogP contribution in [0.1, 0.15) is 61.1 Å². The average Bonchev–Trinajstić information content (AvgIpc) is 3.36. The Morgan fingerprint density at radius 3 is 2.55 bits per heavy atom. The van der Waals surface area contributed by atoms with Crippen LogP contribution in [0.3, 0.4) is 0 Å². The van der Waals surface area contributed by atoms with Crippen molar-refractivity contribution in [2.24, 2.45) is 11.1 Å². The maximum absolute atomic E-state index is 12.7. The molecule has 1 spiro atoms. The predicted octanol–water partition coefficient (Wildman–Crippen LogP) is 7.99. The molecular weight excluding hydrogens is 585 g/mol. The van der Waals surface area contributed by atoms with Crippen molar-refractivity contribution < 1.29 is 17.9 Å². The number of hydrogen-bond acceptors (Lipinski definition) is 4. The van der Waals surface area contributed by atoms with E-state index in [0.29, 0.717) is 18.4 Å². The molecule has 1 atom stereocenters. The van der Waals surface area contributed by atoms with E-state index < -0.39 is 6.36 Å². The van der Waals surface area contributed by atoms with Crippen LogP contribution >= 0.6 is 11.6 Å². The van der Waals surface area contributed by atoms with Crippen LogP contribution in [0, 0.1) is 5.41 Å². The van der Waals surface area contributed by atoms with E-state index in [1.807, 2.05) is 18.2 Å². The summed E-state index contributed by atoms with van der Waals surface area (Å²) in [7, 11) is 0. The van der Waals surface area contributed by atoms with Crippen molar-refractivity contribution in [3.8, 4) is 0 Å². The normalized spacial score (nSPS) is 21.2. The van der Waals surface area contributed by atoms with Crippen molar-refractivity contribution in [3.63, 3.8) is 0 Å². The van der Waals surface area contributed by atoms with Crippen LogP contribution in [0.25, 0.3) is 10.9 Å². The van der Waals surface area contributed by atoms with Gasteiger partial charge in [0.25, 0.3) is 0 Å². The van der Waals surface area contributed by atoms with Crippen molar-refractivity contribution in [3.05, 3.63) is 94.4 Å². The monoisotopic (exact) mass is 626 g/mol. The topological polar surface area (TPSA) is 46.7 Å². The molecule has 2 aromatic carbocycles. The highest BCUT2D eigenvalue weighted by Gasteiger charge is 2.38. The van der Waals surface area contributed by atoms with Crippen LogP contribution in [0.15, 0.2) is 72.6 Å². The first kappa shape index (κ1) is 31.2. The van der Waals surface area contributed by atoms with E-state index in [4.69, 9.17) is 17.3 Å². The molecule has 9 heteroatoms. The van der Waals surface area contributed by atoms with Crippen LogP contribution in [-0.4, -0.2) is 53.5 Å². The minimum Gasteiger partial charge on any atom is -0.406 e. The van der Waals surface area contributed by atoms with Gasteiger partial charge in [0.15, 0.2) is 0 Å². The molecule has 0 bridgehead atoms. The maximum atomic E-state index is 12.7. The van der Waals surface area contributed by atoms with E-state index in [9.17, 15) is 13.2 Å². The minimum absolute atomic E-state index is 0.0117. The van der Waals surface area contributed by atoms with Crippen LogP contribution < -0.4 is 5.73 Å². The lowest BCUT2D eigenvalue weighted by atomic mass is 9.72. The number of likely N-dealkylation sites (tertiary alicyclic amines) is 2. The predicted molar refractivity (Wildman–Crippen MR) is 170 cm³/mol. The molecule has 1 aliphatic carbocycles. The molecular formula is C35H42ClF3N4O. The summed E-state index contributed by atoms with van der Waals surface area (Å²) in [5.74, 6) is -0.156. The maximum Gasteiger partial charge on any atom is 0.573 e. The molecule has 2 N–H and O–H groups in total. The number of rotatable bonds is 9. The fourth-order valence-electron chi connectivity index (χ4n) is 7.42. The van der Waals surface area contributed by atoms with E-state index in [-0.39, 0.29) is 11.7 Å². The Balaban J connectivity index is 1.12. The number of nitrogens with zero attached hydrogens (tertiary/aromatic N) is 3. The van der Waals surface area contributed by atoms with Gasteiger partial charge in [0, 0.05) is 54.2 Å². The molecule has 2 saturated heterocycles. The molecule has 2 aliphatic heterocycles. The van der Waals surface area contributed by atoms with E-state index in [0.717, 1.165) is 68.3 Å². The van der Waals surface area contributed by atoms with Gasteiger partial charge in [-0.1, -0.05) is 41.9 Å². The summed E-state index contributed by atoms with van der Waals surface area (Å²) < 4.78 is 44.5. The zero-order valence-electron chi connectivity index (χ0n) is 25.2. The average molecular weight is 627 g/mol. The third kappa shape index (κ3) is 7.36. The van der Waals surface area contributed by atoms with E-state index >= 15 is 0 Å². The van der Waals surface area contributed by atoms with Gasteiger partial charge in [-0.15, -0.1) is 13.2 Å². The molecule has 5 nitrogen and oxygen atoms in total. The zero-order chi connectivity index (χ0) is 30.7. The highest BCUT2D eigenvalue weighted by Crippen LogP contribution is 2.41. The summed E-state index contributed by atoms with van der Waals surface area (Å²) in [5, 5.41) is 2.02. The number of allylic oxidation sites excluding steroid dienone is 3. The first-order valence-electron chi connectivity index (χ1n) is 15.8. The summed E-state index contributed by atoms with van der Waals surface area (Å²) >= 11 is 6.47. The SMILES string of the molecule is NCCCn1cc(C2C=CC(OC(F)(F)F)=CC2)c2cc(CN3CCC4(CCCN(Cc5ccccc5Cl)C4)CC3)ccc21. The van der Waals surface area contributed by atoms with Gasteiger partial charge in [-0.2, -0.15) is 0 Å². The van der Waals surface area contributed by atoms with Gasteiger partial charge in [-0.25, -0.2) is 0 Å². The number of aromatic nitrogens is 1. The standard InChI is InChI=1S/C35H42ClF3N4O/c36-32-6-2-1-5-28(32)23-42-17-3-13-34(25-42)14-19-41(20-15-34)22-26-7-12-33-30(21-26)31(24-43(33)18-4-16-40)27-8-10-29(11-9-27)44-35(37,38)39/h1-2,5-8,10-12,21,24,27H,3-4,9,13-20,22-23,25,40H2. The summed E-state index contributed by atoms with van der Waals surface area (Å²) in [6.45, 7) is 7.66. The third-order valence-corrected chi connectivity index (χ3v) is 10.1. The molecule has 1 unspecified atom stereocenters. The molecule has 2 fully saturated rings. The Hall–Kier alpha value is -2.78. The van der Waals surface area contributed by atoms with Crippen molar-refractivity contribution in [1.82, 2.24) is 14.4 Å². The number of ether oxygens (including phenoxy) is 1.